The largest absolute Gasteiger partial charge is 0.393 e. The standard InChI is InChI=1S/C15H26N2O2/c1-10(18)9-13-16-14(17-19-13)11-5-7-12(8-6-11)15(2,3)4/h10-12,18H,5-9H2,1-4H3. The molecule has 0 spiro atoms. The highest BCUT2D eigenvalue weighted by Crippen LogP contribution is 2.42. The van der Waals surface area contributed by atoms with Gasteiger partial charge in [-0.15, -0.1) is 0 Å². The Morgan fingerprint density at radius 2 is 1.89 bits per heavy atom. The molecule has 1 unspecified atom stereocenters. The Morgan fingerprint density at radius 1 is 1.26 bits per heavy atom. The first-order chi connectivity index (χ1) is 8.86. The van der Waals surface area contributed by atoms with Crippen LogP contribution >= 0.6 is 0 Å². The van der Waals surface area contributed by atoms with Crippen molar-refractivity contribution in [1.29, 1.82) is 0 Å². The smallest absolute Gasteiger partial charge is 0.229 e. The average Bonchev–Trinajstić information content (AvgIpc) is 2.75. The zero-order chi connectivity index (χ0) is 14.0. The molecule has 1 aliphatic carbocycles. The van der Waals surface area contributed by atoms with E-state index in [1.54, 1.807) is 6.92 Å². The van der Waals surface area contributed by atoms with E-state index in [1.165, 1.54) is 12.8 Å². The van der Waals surface area contributed by atoms with Gasteiger partial charge in [0.25, 0.3) is 0 Å². The third-order valence-electron chi connectivity index (χ3n) is 4.27. The maximum atomic E-state index is 9.32. The molecule has 0 radical (unpaired) electrons. The molecule has 0 saturated heterocycles. The number of nitrogens with zero attached hydrogens (tertiary/aromatic N) is 2. The van der Waals surface area contributed by atoms with E-state index in [9.17, 15) is 5.11 Å². The molecule has 108 valence electrons. The second-order valence-electron chi connectivity index (χ2n) is 7.01. The summed E-state index contributed by atoms with van der Waals surface area (Å²) < 4.78 is 5.20. The van der Waals surface area contributed by atoms with Gasteiger partial charge in [-0.1, -0.05) is 25.9 Å². The van der Waals surface area contributed by atoms with Gasteiger partial charge in [-0.2, -0.15) is 4.98 Å². The Labute approximate surface area is 115 Å². The summed E-state index contributed by atoms with van der Waals surface area (Å²) in [4.78, 5) is 4.42. The first-order valence-electron chi connectivity index (χ1n) is 7.37. The van der Waals surface area contributed by atoms with Crippen molar-refractivity contribution in [1.82, 2.24) is 10.1 Å². The normalized spacial score (nSPS) is 26.4. The second kappa shape index (κ2) is 5.61. The van der Waals surface area contributed by atoms with E-state index >= 15 is 0 Å². The van der Waals surface area contributed by atoms with Crippen LogP contribution in [0.25, 0.3) is 0 Å². The van der Waals surface area contributed by atoms with Gasteiger partial charge in [0.2, 0.25) is 5.89 Å². The van der Waals surface area contributed by atoms with Gasteiger partial charge in [-0.3, -0.25) is 0 Å². The Hall–Kier alpha value is -0.900. The predicted molar refractivity (Wildman–Crippen MR) is 73.8 cm³/mol. The van der Waals surface area contributed by atoms with E-state index in [0.29, 0.717) is 23.6 Å². The summed E-state index contributed by atoms with van der Waals surface area (Å²) in [6.45, 7) is 8.71. The van der Waals surface area contributed by atoms with Crippen molar-refractivity contribution < 1.29 is 9.63 Å². The lowest BCUT2D eigenvalue weighted by atomic mass is 9.70. The average molecular weight is 266 g/mol. The highest BCUT2D eigenvalue weighted by molar-refractivity contribution is 4.99. The zero-order valence-corrected chi connectivity index (χ0v) is 12.5. The van der Waals surface area contributed by atoms with Gasteiger partial charge >= 0.3 is 0 Å². The van der Waals surface area contributed by atoms with Crippen LogP contribution in [0.5, 0.6) is 0 Å². The van der Waals surface area contributed by atoms with Crippen LogP contribution in [0.3, 0.4) is 0 Å². The summed E-state index contributed by atoms with van der Waals surface area (Å²) in [6, 6.07) is 0. The van der Waals surface area contributed by atoms with Crippen molar-refractivity contribution in [2.75, 3.05) is 0 Å². The summed E-state index contributed by atoms with van der Waals surface area (Å²) in [5, 5.41) is 13.4. The summed E-state index contributed by atoms with van der Waals surface area (Å²) in [5.41, 5.74) is 0.402. The Morgan fingerprint density at radius 3 is 2.42 bits per heavy atom. The van der Waals surface area contributed by atoms with E-state index in [1.807, 2.05) is 0 Å². The SMILES string of the molecule is CC(O)Cc1nc(C2CCC(C(C)(C)C)CC2)no1. The van der Waals surface area contributed by atoms with Gasteiger partial charge in [-0.05, 0) is 43.9 Å². The van der Waals surface area contributed by atoms with Gasteiger partial charge < -0.3 is 9.63 Å². The van der Waals surface area contributed by atoms with Crippen molar-refractivity contribution in [3.63, 3.8) is 0 Å². The first-order valence-corrected chi connectivity index (χ1v) is 7.37. The van der Waals surface area contributed by atoms with Crippen molar-refractivity contribution >= 4 is 0 Å². The highest BCUT2D eigenvalue weighted by Gasteiger charge is 2.31. The number of aliphatic hydroxyl groups is 1. The molecular formula is C15H26N2O2. The summed E-state index contributed by atoms with van der Waals surface area (Å²) in [6.07, 6.45) is 4.81. The Balaban J connectivity index is 1.92. The van der Waals surface area contributed by atoms with Gasteiger partial charge in [-0.25, -0.2) is 0 Å². The Bertz CT molecular complexity index is 399. The van der Waals surface area contributed by atoms with E-state index in [4.69, 9.17) is 4.52 Å². The molecule has 0 bridgehead atoms. The fraction of sp³-hybridized carbons (Fsp3) is 0.867. The predicted octanol–water partition coefficient (Wildman–Crippen LogP) is 3.31. The monoisotopic (exact) mass is 266 g/mol. The maximum absolute atomic E-state index is 9.32. The molecule has 0 aliphatic heterocycles. The third kappa shape index (κ3) is 3.78. The van der Waals surface area contributed by atoms with Gasteiger partial charge in [0, 0.05) is 5.92 Å². The molecule has 1 heterocycles. The maximum Gasteiger partial charge on any atom is 0.229 e. The summed E-state index contributed by atoms with van der Waals surface area (Å²) in [5.74, 6) is 2.63. The third-order valence-corrected chi connectivity index (χ3v) is 4.27. The lowest BCUT2D eigenvalue weighted by Crippen LogP contribution is -2.25. The lowest BCUT2D eigenvalue weighted by molar-refractivity contribution is 0.166. The second-order valence-corrected chi connectivity index (χ2v) is 7.01. The van der Waals surface area contributed by atoms with Crippen LogP contribution < -0.4 is 0 Å². The molecule has 1 atom stereocenters. The number of hydrogen-bond acceptors (Lipinski definition) is 4. The minimum absolute atomic E-state index is 0.402. The van der Waals surface area contributed by atoms with Crippen LogP contribution in [0.2, 0.25) is 0 Å². The summed E-state index contributed by atoms with van der Waals surface area (Å²) >= 11 is 0. The van der Waals surface area contributed by atoms with Crippen LogP contribution in [0.1, 0.15) is 71.0 Å². The van der Waals surface area contributed by atoms with Gasteiger partial charge in [0.15, 0.2) is 5.82 Å². The van der Waals surface area contributed by atoms with Crippen LogP contribution in [0, 0.1) is 11.3 Å². The van der Waals surface area contributed by atoms with E-state index in [2.05, 4.69) is 30.9 Å². The minimum Gasteiger partial charge on any atom is -0.393 e. The Kier molecular flexibility index (Phi) is 4.29. The topological polar surface area (TPSA) is 59.2 Å². The van der Waals surface area contributed by atoms with E-state index in [-0.39, 0.29) is 0 Å². The number of hydrogen-bond donors (Lipinski definition) is 1. The molecule has 19 heavy (non-hydrogen) atoms. The van der Waals surface area contributed by atoms with Crippen molar-refractivity contribution in [3.05, 3.63) is 11.7 Å². The molecule has 2 rings (SSSR count). The first kappa shape index (κ1) is 14.5. The van der Waals surface area contributed by atoms with Crippen LogP contribution in [0.15, 0.2) is 4.52 Å². The van der Waals surface area contributed by atoms with E-state index in [0.717, 1.165) is 24.6 Å². The number of aliphatic hydroxyl groups excluding tert-OH is 1. The van der Waals surface area contributed by atoms with Gasteiger partial charge in [0.1, 0.15) is 0 Å². The van der Waals surface area contributed by atoms with Crippen LogP contribution in [-0.2, 0) is 6.42 Å². The fourth-order valence-electron chi connectivity index (χ4n) is 2.99. The molecule has 1 aromatic rings. The molecule has 4 heteroatoms. The van der Waals surface area contributed by atoms with Crippen LogP contribution in [0.4, 0.5) is 0 Å². The summed E-state index contributed by atoms with van der Waals surface area (Å²) in [7, 11) is 0. The molecule has 1 aliphatic rings. The molecule has 1 fully saturated rings. The molecule has 1 N–H and O–H groups in total. The number of rotatable bonds is 3. The fourth-order valence-corrected chi connectivity index (χ4v) is 2.99. The molecule has 0 aromatic carbocycles. The van der Waals surface area contributed by atoms with E-state index < -0.39 is 6.10 Å². The van der Waals surface area contributed by atoms with Crippen molar-refractivity contribution in [2.45, 2.75) is 71.8 Å². The van der Waals surface area contributed by atoms with Crippen molar-refractivity contribution in [2.24, 2.45) is 11.3 Å². The highest BCUT2D eigenvalue weighted by atomic mass is 16.5. The molecule has 4 nitrogen and oxygen atoms in total. The molecule has 0 amide bonds. The molecular weight excluding hydrogens is 240 g/mol. The number of aromatic nitrogens is 2. The van der Waals surface area contributed by atoms with Crippen molar-refractivity contribution in [3.8, 4) is 0 Å². The van der Waals surface area contributed by atoms with Gasteiger partial charge in [0.05, 0.1) is 12.5 Å². The quantitative estimate of drug-likeness (QED) is 0.911. The lowest BCUT2D eigenvalue weighted by Gasteiger charge is -2.36. The minimum atomic E-state index is -0.426. The molecule has 1 saturated carbocycles. The zero-order valence-electron chi connectivity index (χ0n) is 12.5. The van der Waals surface area contributed by atoms with Crippen LogP contribution in [-0.4, -0.2) is 21.4 Å². The molecule has 1 aromatic heterocycles.